The van der Waals surface area contributed by atoms with E-state index in [1.165, 1.54) is 19.2 Å². The van der Waals surface area contributed by atoms with Crippen molar-refractivity contribution < 1.29 is 33.7 Å². The molecule has 3 aliphatic rings. The topological polar surface area (TPSA) is 147 Å². The van der Waals surface area contributed by atoms with Crippen molar-refractivity contribution in [3.63, 3.8) is 0 Å². The van der Waals surface area contributed by atoms with Gasteiger partial charge in [0, 0.05) is 25.3 Å². The molecule has 3 N–H and O–H groups in total. The summed E-state index contributed by atoms with van der Waals surface area (Å²) in [5.41, 5.74) is -0.308. The highest BCUT2D eigenvalue weighted by molar-refractivity contribution is 5.98. The molecule has 10 heteroatoms. The molecule has 41 heavy (non-hydrogen) atoms. The van der Waals surface area contributed by atoms with Gasteiger partial charge < -0.3 is 30.0 Å². The normalized spacial score (nSPS) is 28.6. The smallest absolute Gasteiger partial charge is 0.309 e. The molecule has 0 heterocycles. The zero-order valence-electron chi connectivity index (χ0n) is 24.5. The van der Waals surface area contributed by atoms with Crippen molar-refractivity contribution in [3.05, 3.63) is 23.3 Å². The SMILES string of the molecule is COc1cc(C#N)c(OC2CCC(C)(C(=O)O)CC2)cc1C(=O)NC1C2CCC(C2)C1C(=O)NCCCOC(C)C. The first-order valence-electron chi connectivity index (χ1n) is 14.8. The van der Waals surface area contributed by atoms with E-state index in [2.05, 4.69) is 16.7 Å². The summed E-state index contributed by atoms with van der Waals surface area (Å²) >= 11 is 0. The van der Waals surface area contributed by atoms with E-state index in [1.807, 2.05) is 13.8 Å². The average Bonchev–Trinajstić information content (AvgIpc) is 3.55. The lowest BCUT2D eigenvalue weighted by Gasteiger charge is -2.34. The van der Waals surface area contributed by atoms with Crippen LogP contribution in [0.3, 0.4) is 0 Å². The number of carboxylic acid groups (broad SMARTS) is 1. The predicted molar refractivity (Wildman–Crippen MR) is 151 cm³/mol. The van der Waals surface area contributed by atoms with Gasteiger partial charge in [-0.3, -0.25) is 14.4 Å². The lowest BCUT2D eigenvalue weighted by molar-refractivity contribution is -0.150. The van der Waals surface area contributed by atoms with E-state index < -0.39 is 11.4 Å². The number of hydrogen-bond acceptors (Lipinski definition) is 7. The summed E-state index contributed by atoms with van der Waals surface area (Å²) in [6, 6.07) is 4.87. The van der Waals surface area contributed by atoms with Crippen LogP contribution in [0, 0.1) is 34.5 Å². The fourth-order valence-electron chi connectivity index (χ4n) is 6.66. The van der Waals surface area contributed by atoms with Gasteiger partial charge in [-0.25, -0.2) is 0 Å². The number of aliphatic carboxylic acids is 1. The van der Waals surface area contributed by atoms with Crippen molar-refractivity contribution >= 4 is 17.8 Å². The highest BCUT2D eigenvalue weighted by Gasteiger charge is 2.51. The van der Waals surface area contributed by atoms with Crippen LogP contribution in [0.1, 0.15) is 88.1 Å². The molecular weight excluding hydrogens is 526 g/mol. The van der Waals surface area contributed by atoms with E-state index >= 15 is 0 Å². The van der Waals surface area contributed by atoms with E-state index in [-0.39, 0.29) is 70.4 Å². The number of carboxylic acids is 1. The van der Waals surface area contributed by atoms with Gasteiger partial charge in [-0.05, 0) is 90.0 Å². The minimum atomic E-state index is -0.815. The Hall–Kier alpha value is -3.32. The summed E-state index contributed by atoms with van der Waals surface area (Å²) in [5.74, 6) is -0.528. The van der Waals surface area contributed by atoms with Crippen LogP contribution in [0.5, 0.6) is 11.5 Å². The molecule has 3 fully saturated rings. The molecule has 1 aromatic rings. The Balaban J connectivity index is 1.46. The minimum Gasteiger partial charge on any atom is -0.496 e. The highest BCUT2D eigenvalue weighted by Crippen LogP contribution is 2.49. The number of nitrogens with zero attached hydrogens (tertiary/aromatic N) is 1. The highest BCUT2D eigenvalue weighted by atomic mass is 16.5. The number of nitriles is 1. The van der Waals surface area contributed by atoms with Crippen molar-refractivity contribution in [2.75, 3.05) is 20.3 Å². The Kier molecular flexibility index (Phi) is 9.80. The minimum absolute atomic E-state index is 0.0338. The maximum Gasteiger partial charge on any atom is 0.309 e. The van der Waals surface area contributed by atoms with Gasteiger partial charge in [0.25, 0.3) is 5.91 Å². The van der Waals surface area contributed by atoms with Crippen LogP contribution in [0.2, 0.25) is 0 Å². The number of carbonyl (C=O) groups excluding carboxylic acids is 2. The third-order valence-corrected chi connectivity index (χ3v) is 9.10. The first kappa shape index (κ1) is 30.6. The summed E-state index contributed by atoms with van der Waals surface area (Å²) in [6.45, 7) is 6.80. The molecule has 3 saturated carbocycles. The number of ether oxygens (including phenoxy) is 3. The van der Waals surface area contributed by atoms with Crippen LogP contribution in [0.25, 0.3) is 0 Å². The van der Waals surface area contributed by atoms with Crippen molar-refractivity contribution in [2.24, 2.45) is 23.2 Å². The quantitative estimate of drug-likeness (QED) is 0.320. The first-order chi connectivity index (χ1) is 19.6. The van der Waals surface area contributed by atoms with Gasteiger partial charge in [-0.1, -0.05) is 0 Å². The third kappa shape index (κ3) is 6.95. The zero-order valence-corrected chi connectivity index (χ0v) is 24.5. The first-order valence-corrected chi connectivity index (χ1v) is 14.8. The number of carbonyl (C=O) groups is 3. The molecule has 1 aromatic carbocycles. The summed E-state index contributed by atoms with van der Waals surface area (Å²) < 4.78 is 17.2. The van der Waals surface area contributed by atoms with E-state index in [0.717, 1.165) is 25.7 Å². The number of methoxy groups -OCH3 is 1. The van der Waals surface area contributed by atoms with Gasteiger partial charge in [0.2, 0.25) is 5.91 Å². The van der Waals surface area contributed by atoms with E-state index in [9.17, 15) is 24.8 Å². The predicted octanol–water partition coefficient (Wildman–Crippen LogP) is 4.05. The fraction of sp³-hybridized carbons (Fsp3) is 0.677. The third-order valence-electron chi connectivity index (χ3n) is 9.10. The lowest BCUT2D eigenvalue weighted by Crippen LogP contribution is -2.50. The van der Waals surface area contributed by atoms with Crippen molar-refractivity contribution in [3.8, 4) is 17.6 Å². The van der Waals surface area contributed by atoms with Gasteiger partial charge in [-0.2, -0.15) is 5.26 Å². The number of hydrogen-bond donors (Lipinski definition) is 3. The number of fused-ring (bicyclic) bond motifs is 2. The Bertz CT molecular complexity index is 1170. The van der Waals surface area contributed by atoms with Gasteiger partial charge in [0.05, 0.1) is 41.8 Å². The average molecular weight is 570 g/mol. The van der Waals surface area contributed by atoms with E-state index in [0.29, 0.717) is 38.8 Å². The molecule has 0 aliphatic heterocycles. The van der Waals surface area contributed by atoms with Crippen LogP contribution < -0.4 is 20.1 Å². The van der Waals surface area contributed by atoms with Crippen LogP contribution in [0.4, 0.5) is 0 Å². The van der Waals surface area contributed by atoms with Crippen LogP contribution in [-0.2, 0) is 14.3 Å². The molecule has 2 amide bonds. The van der Waals surface area contributed by atoms with Crippen LogP contribution >= 0.6 is 0 Å². The maximum absolute atomic E-state index is 13.6. The number of nitrogens with one attached hydrogen (secondary N) is 2. The zero-order chi connectivity index (χ0) is 29.7. The van der Waals surface area contributed by atoms with Gasteiger partial charge in [0.1, 0.15) is 17.6 Å². The monoisotopic (exact) mass is 569 g/mol. The number of rotatable bonds is 12. The van der Waals surface area contributed by atoms with Crippen molar-refractivity contribution in [2.45, 2.75) is 90.4 Å². The van der Waals surface area contributed by atoms with Crippen molar-refractivity contribution in [1.82, 2.24) is 10.6 Å². The summed E-state index contributed by atoms with van der Waals surface area (Å²) in [6.07, 6.45) is 5.48. The van der Waals surface area contributed by atoms with Gasteiger partial charge >= 0.3 is 5.97 Å². The molecule has 0 spiro atoms. The molecule has 4 atom stereocenters. The second kappa shape index (κ2) is 13.1. The standard InChI is InChI=1S/C31H43N3O7/c1-18(2)40-13-5-12-33-29(36)26-19-6-7-20(14-19)27(26)34-28(35)23-16-24(21(17-32)15-25(23)39-4)41-22-8-10-31(3,11-9-22)30(37)38/h15-16,18-20,22,26-27H,5-14H2,1-4H3,(H,33,36)(H,34,35)(H,37,38). The Labute approximate surface area is 242 Å². The molecular formula is C31H43N3O7. The summed E-state index contributed by atoms with van der Waals surface area (Å²) in [7, 11) is 1.44. The fourth-order valence-corrected chi connectivity index (χ4v) is 6.66. The lowest BCUT2D eigenvalue weighted by atomic mass is 9.75. The largest absolute Gasteiger partial charge is 0.496 e. The summed E-state index contributed by atoms with van der Waals surface area (Å²) in [5, 5.41) is 25.5. The molecule has 3 aliphatic carbocycles. The molecule has 2 bridgehead atoms. The molecule has 4 unspecified atom stereocenters. The van der Waals surface area contributed by atoms with Crippen LogP contribution in [0.15, 0.2) is 12.1 Å². The Morgan fingerprint density at radius 3 is 2.46 bits per heavy atom. The van der Waals surface area contributed by atoms with Crippen molar-refractivity contribution in [1.29, 1.82) is 5.26 Å². The molecule has 0 radical (unpaired) electrons. The molecule has 0 saturated heterocycles. The molecule has 4 rings (SSSR count). The maximum atomic E-state index is 13.6. The Morgan fingerprint density at radius 1 is 1.12 bits per heavy atom. The second-order valence-corrected chi connectivity index (χ2v) is 12.3. The second-order valence-electron chi connectivity index (χ2n) is 12.3. The number of amides is 2. The van der Waals surface area contributed by atoms with E-state index in [4.69, 9.17) is 14.2 Å². The Morgan fingerprint density at radius 2 is 1.83 bits per heavy atom. The summed E-state index contributed by atoms with van der Waals surface area (Å²) in [4.78, 5) is 38.5. The molecule has 224 valence electrons. The molecule has 10 nitrogen and oxygen atoms in total. The van der Waals surface area contributed by atoms with Crippen LogP contribution in [-0.4, -0.2) is 61.4 Å². The van der Waals surface area contributed by atoms with Gasteiger partial charge in [-0.15, -0.1) is 0 Å². The van der Waals surface area contributed by atoms with E-state index in [1.54, 1.807) is 6.92 Å². The number of benzene rings is 1. The molecule has 0 aromatic heterocycles. The van der Waals surface area contributed by atoms with Gasteiger partial charge in [0.15, 0.2) is 0 Å².